The molecule has 33 heavy (non-hydrogen) atoms. The Kier molecular flexibility index (Phi) is 9.43. The highest BCUT2D eigenvalue weighted by Gasteiger charge is 2.16. The number of nitro benzene ring substituents is 2. The van der Waals surface area contributed by atoms with Crippen molar-refractivity contribution in [2.75, 3.05) is 23.8 Å². The van der Waals surface area contributed by atoms with Gasteiger partial charge in [0.2, 0.25) is 11.8 Å². The fourth-order valence-electron chi connectivity index (χ4n) is 3.28. The van der Waals surface area contributed by atoms with Crippen LogP contribution in [0, 0.1) is 20.2 Å². The van der Waals surface area contributed by atoms with E-state index in [1.807, 2.05) is 0 Å². The predicted octanol–water partition coefficient (Wildman–Crippen LogP) is 4.00. The summed E-state index contributed by atoms with van der Waals surface area (Å²) >= 11 is 0. The molecule has 0 aromatic heterocycles. The van der Waals surface area contributed by atoms with Crippen LogP contribution in [0.15, 0.2) is 36.4 Å². The van der Waals surface area contributed by atoms with Crippen LogP contribution < -0.4 is 10.6 Å². The Labute approximate surface area is 190 Å². The van der Waals surface area contributed by atoms with Crippen molar-refractivity contribution in [3.05, 3.63) is 67.8 Å². The van der Waals surface area contributed by atoms with Gasteiger partial charge in [0.25, 0.3) is 11.4 Å². The Hall–Kier alpha value is -3.86. The van der Waals surface area contributed by atoms with Crippen molar-refractivity contribution >= 4 is 34.6 Å². The molecule has 0 aliphatic rings. The average molecular weight is 458 g/mol. The van der Waals surface area contributed by atoms with E-state index in [9.17, 15) is 29.8 Å². The third-order valence-electron chi connectivity index (χ3n) is 4.67. The van der Waals surface area contributed by atoms with Gasteiger partial charge in [0, 0.05) is 61.7 Å². The number of nitro groups is 2. The maximum atomic E-state index is 11.3. The molecule has 2 amide bonds. The minimum absolute atomic E-state index is 0.0590. The van der Waals surface area contributed by atoms with Gasteiger partial charge in [-0.3, -0.25) is 29.8 Å². The lowest BCUT2D eigenvalue weighted by atomic mass is 10.1. The van der Waals surface area contributed by atoms with Crippen molar-refractivity contribution in [1.82, 2.24) is 0 Å². The Bertz CT molecular complexity index is 958. The second kappa shape index (κ2) is 12.2. The summed E-state index contributed by atoms with van der Waals surface area (Å²) in [6.07, 6.45) is 2.00. The molecule has 2 aromatic rings. The van der Waals surface area contributed by atoms with Gasteiger partial charge in [-0.05, 0) is 37.8 Å². The highest BCUT2D eigenvalue weighted by Crippen LogP contribution is 2.26. The van der Waals surface area contributed by atoms with Crippen molar-refractivity contribution in [3.63, 3.8) is 0 Å². The molecule has 0 aliphatic carbocycles. The van der Waals surface area contributed by atoms with Crippen LogP contribution in [0.2, 0.25) is 0 Å². The van der Waals surface area contributed by atoms with Gasteiger partial charge in [0.15, 0.2) is 0 Å². The number of ether oxygens (including phenoxy) is 1. The molecule has 0 heterocycles. The van der Waals surface area contributed by atoms with Gasteiger partial charge in [-0.25, -0.2) is 0 Å². The normalized spacial score (nSPS) is 10.5. The van der Waals surface area contributed by atoms with Gasteiger partial charge < -0.3 is 15.4 Å². The third kappa shape index (κ3) is 8.30. The molecule has 0 radical (unpaired) electrons. The van der Waals surface area contributed by atoms with Gasteiger partial charge in [-0.15, -0.1) is 0 Å². The molecular formula is C22H26N4O7. The number of carbonyl (C=O) groups excluding carboxylic acids is 2. The van der Waals surface area contributed by atoms with Crippen LogP contribution in [0.3, 0.4) is 0 Å². The molecule has 0 saturated heterocycles. The van der Waals surface area contributed by atoms with Crippen LogP contribution in [-0.2, 0) is 27.2 Å². The number of nitrogens with zero attached hydrogens (tertiary/aromatic N) is 2. The third-order valence-corrected chi connectivity index (χ3v) is 4.67. The van der Waals surface area contributed by atoms with E-state index in [1.54, 1.807) is 24.3 Å². The second-order valence-electron chi connectivity index (χ2n) is 7.38. The lowest BCUT2D eigenvalue weighted by Gasteiger charge is -2.08. The highest BCUT2D eigenvalue weighted by atomic mass is 16.6. The van der Waals surface area contributed by atoms with Crippen molar-refractivity contribution < 1.29 is 24.2 Å². The predicted molar refractivity (Wildman–Crippen MR) is 122 cm³/mol. The molecule has 0 saturated carbocycles. The van der Waals surface area contributed by atoms with Crippen LogP contribution in [-0.4, -0.2) is 34.9 Å². The molecule has 2 rings (SSSR count). The highest BCUT2D eigenvalue weighted by molar-refractivity contribution is 5.89. The number of hydrogen-bond acceptors (Lipinski definition) is 7. The van der Waals surface area contributed by atoms with Crippen molar-refractivity contribution in [2.45, 2.75) is 39.5 Å². The number of carbonyl (C=O) groups is 2. The Morgan fingerprint density at radius 3 is 1.52 bits per heavy atom. The average Bonchev–Trinajstić information content (AvgIpc) is 2.73. The van der Waals surface area contributed by atoms with E-state index in [0.29, 0.717) is 61.4 Å². The zero-order chi connectivity index (χ0) is 24.4. The summed E-state index contributed by atoms with van der Waals surface area (Å²) < 4.78 is 5.58. The molecular weight excluding hydrogens is 432 g/mol. The van der Waals surface area contributed by atoms with E-state index < -0.39 is 9.85 Å². The van der Waals surface area contributed by atoms with Crippen LogP contribution in [0.5, 0.6) is 0 Å². The van der Waals surface area contributed by atoms with Crippen molar-refractivity contribution in [1.29, 1.82) is 0 Å². The maximum absolute atomic E-state index is 11.3. The van der Waals surface area contributed by atoms with Crippen molar-refractivity contribution in [2.24, 2.45) is 0 Å². The monoisotopic (exact) mass is 458 g/mol. The largest absolute Gasteiger partial charge is 0.381 e. The molecule has 0 aliphatic heterocycles. The number of nitrogens with one attached hydrogen (secondary N) is 2. The molecule has 11 nitrogen and oxygen atoms in total. The molecule has 0 unspecified atom stereocenters. The quantitative estimate of drug-likeness (QED) is 0.277. The fourth-order valence-corrected chi connectivity index (χ4v) is 3.28. The summed E-state index contributed by atoms with van der Waals surface area (Å²) in [6, 6.07) is 9.15. The number of benzene rings is 2. The lowest BCUT2D eigenvalue weighted by Crippen LogP contribution is -2.07. The first-order chi connectivity index (χ1) is 15.7. The van der Waals surface area contributed by atoms with Gasteiger partial charge in [0.1, 0.15) is 0 Å². The standard InChI is InChI=1S/C22H26N4O7/c1-15(27)23-19-9-7-17(21(13-19)25(29)30)5-3-11-33-12-4-6-18-8-10-20(24-16(2)28)14-22(18)26(31)32/h7-10,13-14H,3-6,11-12H2,1-2H3,(H,23,27)(H,24,28). The number of anilines is 2. The number of aryl methyl sites for hydroxylation is 2. The van der Waals surface area contributed by atoms with Crippen LogP contribution in [0.1, 0.15) is 37.8 Å². The van der Waals surface area contributed by atoms with Crippen LogP contribution in [0.25, 0.3) is 0 Å². The lowest BCUT2D eigenvalue weighted by molar-refractivity contribution is -0.385. The number of hydrogen-bond donors (Lipinski definition) is 2. The van der Waals surface area contributed by atoms with Gasteiger partial charge in [0.05, 0.1) is 9.85 Å². The minimum Gasteiger partial charge on any atom is -0.381 e. The Morgan fingerprint density at radius 1 is 0.788 bits per heavy atom. The molecule has 0 spiro atoms. The Balaban J connectivity index is 1.80. The van der Waals surface area contributed by atoms with E-state index in [-0.39, 0.29) is 23.2 Å². The smallest absolute Gasteiger partial charge is 0.274 e. The first kappa shape index (κ1) is 25.4. The van der Waals surface area contributed by atoms with Crippen LogP contribution >= 0.6 is 0 Å². The molecule has 0 bridgehead atoms. The van der Waals surface area contributed by atoms with Crippen molar-refractivity contribution in [3.8, 4) is 0 Å². The molecule has 0 atom stereocenters. The summed E-state index contributed by atoms with van der Waals surface area (Å²) in [4.78, 5) is 43.9. The summed E-state index contributed by atoms with van der Waals surface area (Å²) in [6.45, 7) is 3.43. The molecule has 176 valence electrons. The summed E-state index contributed by atoms with van der Waals surface area (Å²) in [7, 11) is 0. The van der Waals surface area contributed by atoms with E-state index in [1.165, 1.54) is 26.0 Å². The van der Waals surface area contributed by atoms with Crippen LogP contribution in [0.4, 0.5) is 22.7 Å². The van der Waals surface area contributed by atoms with E-state index in [0.717, 1.165) is 0 Å². The summed E-state index contributed by atoms with van der Waals surface area (Å²) in [5.41, 5.74) is 1.72. The summed E-state index contributed by atoms with van der Waals surface area (Å²) in [5.74, 6) is -0.612. The van der Waals surface area contributed by atoms with E-state index in [2.05, 4.69) is 10.6 Å². The zero-order valence-electron chi connectivity index (χ0n) is 18.5. The van der Waals surface area contributed by atoms with E-state index in [4.69, 9.17) is 4.74 Å². The second-order valence-corrected chi connectivity index (χ2v) is 7.38. The zero-order valence-corrected chi connectivity index (χ0v) is 18.5. The first-order valence-electron chi connectivity index (χ1n) is 10.3. The number of amides is 2. The molecule has 0 fully saturated rings. The molecule has 2 aromatic carbocycles. The fraction of sp³-hybridized carbons (Fsp3) is 0.364. The van der Waals surface area contributed by atoms with Gasteiger partial charge in [-0.2, -0.15) is 0 Å². The molecule has 2 N–H and O–H groups in total. The van der Waals surface area contributed by atoms with E-state index >= 15 is 0 Å². The minimum atomic E-state index is -0.481. The Morgan fingerprint density at radius 2 is 1.18 bits per heavy atom. The topological polar surface area (TPSA) is 154 Å². The summed E-state index contributed by atoms with van der Waals surface area (Å²) in [5, 5.41) is 27.7. The maximum Gasteiger partial charge on any atom is 0.274 e. The number of rotatable bonds is 12. The van der Waals surface area contributed by atoms with Gasteiger partial charge >= 0.3 is 0 Å². The van der Waals surface area contributed by atoms with Gasteiger partial charge in [-0.1, -0.05) is 12.1 Å². The molecule has 11 heteroatoms. The first-order valence-corrected chi connectivity index (χ1v) is 10.3. The SMILES string of the molecule is CC(=O)Nc1ccc(CCCOCCCc2ccc(NC(C)=O)cc2[N+](=O)[O-])c([N+](=O)[O-])c1.